The number of benzene rings is 1. The molecule has 1 rings (SSSR count). The molecule has 0 heterocycles. The van der Waals surface area contributed by atoms with Gasteiger partial charge in [0, 0.05) is 24.3 Å². The van der Waals surface area contributed by atoms with Crippen LogP contribution in [0.5, 0.6) is 5.75 Å². The molecule has 0 unspecified atom stereocenters. The molecule has 1 aromatic carbocycles. The molecule has 20 heavy (non-hydrogen) atoms. The number of anilines is 1. The van der Waals surface area contributed by atoms with Crippen molar-refractivity contribution in [3.8, 4) is 5.75 Å². The van der Waals surface area contributed by atoms with Crippen LogP contribution in [0.3, 0.4) is 0 Å². The summed E-state index contributed by atoms with van der Waals surface area (Å²) in [5.74, 6) is 0.301. The van der Waals surface area contributed by atoms with Crippen LogP contribution >= 0.6 is 0 Å². The van der Waals surface area contributed by atoms with Crippen LogP contribution in [0.15, 0.2) is 12.1 Å². The quantitative estimate of drug-likeness (QED) is 0.742. The highest BCUT2D eigenvalue weighted by atomic mass is 16.6. The van der Waals surface area contributed by atoms with Crippen molar-refractivity contribution < 1.29 is 14.6 Å². The van der Waals surface area contributed by atoms with Gasteiger partial charge in [-0.3, -0.25) is 0 Å². The second-order valence-electron chi connectivity index (χ2n) is 5.76. The first kappa shape index (κ1) is 16.1. The maximum atomic E-state index is 11.4. The van der Waals surface area contributed by atoms with E-state index in [4.69, 9.17) is 4.74 Å². The number of aryl methyl sites for hydroxylation is 1. The zero-order chi connectivity index (χ0) is 15.3. The Labute approximate surface area is 120 Å². The van der Waals surface area contributed by atoms with Gasteiger partial charge in [-0.05, 0) is 46.2 Å². The number of carbonyl (C=O) groups excluding carboxylic acids is 1. The fourth-order valence-corrected chi connectivity index (χ4v) is 1.70. The fourth-order valence-electron chi connectivity index (χ4n) is 1.70. The summed E-state index contributed by atoms with van der Waals surface area (Å²) >= 11 is 0. The lowest BCUT2D eigenvalue weighted by Crippen LogP contribution is -2.35. The van der Waals surface area contributed by atoms with Crippen LogP contribution in [0.25, 0.3) is 0 Å². The number of rotatable bonds is 4. The number of nitrogens with one attached hydrogen (secondary N) is 2. The van der Waals surface area contributed by atoms with Crippen LogP contribution in [-0.4, -0.2) is 29.9 Å². The molecule has 0 saturated heterocycles. The lowest BCUT2D eigenvalue weighted by molar-refractivity contribution is 0.0530. The molecular formula is C15H24N2O3. The average molecular weight is 280 g/mol. The predicted octanol–water partition coefficient (Wildman–Crippen LogP) is 2.95. The number of phenols is 1. The van der Waals surface area contributed by atoms with Gasteiger partial charge < -0.3 is 20.5 Å². The molecular weight excluding hydrogens is 256 g/mol. The lowest BCUT2D eigenvalue weighted by atomic mass is 10.1. The van der Waals surface area contributed by atoms with Crippen LogP contribution in [0, 0.1) is 13.8 Å². The molecule has 0 atom stereocenters. The highest BCUT2D eigenvalue weighted by Gasteiger charge is 2.15. The highest BCUT2D eigenvalue weighted by Crippen LogP contribution is 2.27. The first-order chi connectivity index (χ1) is 9.20. The van der Waals surface area contributed by atoms with Gasteiger partial charge in [0.15, 0.2) is 0 Å². The normalized spacial score (nSPS) is 11.1. The van der Waals surface area contributed by atoms with Crippen molar-refractivity contribution in [2.45, 2.75) is 40.2 Å². The third kappa shape index (κ3) is 4.99. The smallest absolute Gasteiger partial charge is 0.407 e. The Kier molecular flexibility index (Phi) is 5.25. The van der Waals surface area contributed by atoms with Gasteiger partial charge in [-0.2, -0.15) is 0 Å². The molecule has 5 heteroatoms. The van der Waals surface area contributed by atoms with E-state index in [0.717, 1.165) is 16.8 Å². The maximum absolute atomic E-state index is 11.4. The van der Waals surface area contributed by atoms with E-state index in [2.05, 4.69) is 10.6 Å². The molecule has 0 bridgehead atoms. The number of aromatic hydroxyl groups is 1. The van der Waals surface area contributed by atoms with Crippen molar-refractivity contribution in [2.75, 3.05) is 18.4 Å². The summed E-state index contributed by atoms with van der Waals surface area (Å²) in [7, 11) is 0. The number of amides is 1. The van der Waals surface area contributed by atoms with Gasteiger partial charge >= 0.3 is 6.09 Å². The first-order valence-corrected chi connectivity index (χ1v) is 6.70. The molecule has 0 aromatic heterocycles. The molecule has 5 nitrogen and oxygen atoms in total. The minimum Gasteiger partial charge on any atom is -0.507 e. The van der Waals surface area contributed by atoms with Gasteiger partial charge in [-0.1, -0.05) is 6.07 Å². The fraction of sp³-hybridized carbons (Fsp3) is 0.533. The molecule has 1 amide bonds. The largest absolute Gasteiger partial charge is 0.507 e. The Morgan fingerprint density at radius 1 is 1.25 bits per heavy atom. The van der Waals surface area contributed by atoms with E-state index in [0.29, 0.717) is 18.8 Å². The zero-order valence-electron chi connectivity index (χ0n) is 12.8. The number of hydrogen-bond acceptors (Lipinski definition) is 4. The Hall–Kier alpha value is -1.91. The van der Waals surface area contributed by atoms with Gasteiger partial charge in [0.25, 0.3) is 0 Å². The summed E-state index contributed by atoms with van der Waals surface area (Å²) in [6, 6.07) is 3.77. The Bertz CT molecular complexity index is 479. The summed E-state index contributed by atoms with van der Waals surface area (Å²) in [6.07, 6.45) is -0.428. The van der Waals surface area contributed by atoms with Gasteiger partial charge in [-0.15, -0.1) is 0 Å². The molecule has 0 saturated carbocycles. The van der Waals surface area contributed by atoms with Crippen LogP contribution in [0.2, 0.25) is 0 Å². The molecule has 0 radical (unpaired) electrons. The van der Waals surface area contributed by atoms with E-state index in [1.54, 1.807) is 0 Å². The van der Waals surface area contributed by atoms with E-state index in [9.17, 15) is 9.90 Å². The molecule has 0 aliphatic heterocycles. The topological polar surface area (TPSA) is 70.6 Å². The van der Waals surface area contributed by atoms with Crippen LogP contribution in [-0.2, 0) is 4.74 Å². The van der Waals surface area contributed by atoms with Crippen molar-refractivity contribution in [1.29, 1.82) is 0 Å². The van der Waals surface area contributed by atoms with Crippen molar-refractivity contribution in [2.24, 2.45) is 0 Å². The van der Waals surface area contributed by atoms with Crippen molar-refractivity contribution in [3.63, 3.8) is 0 Å². The molecule has 0 fully saturated rings. The number of hydrogen-bond donors (Lipinski definition) is 3. The van der Waals surface area contributed by atoms with Gasteiger partial charge in [0.1, 0.15) is 11.4 Å². The number of ether oxygens (including phenoxy) is 1. The van der Waals surface area contributed by atoms with E-state index in [1.807, 2.05) is 46.8 Å². The van der Waals surface area contributed by atoms with Crippen LogP contribution in [0.1, 0.15) is 31.9 Å². The maximum Gasteiger partial charge on any atom is 0.407 e. The average Bonchev–Trinajstić information content (AvgIpc) is 2.32. The highest BCUT2D eigenvalue weighted by molar-refractivity contribution is 5.67. The first-order valence-electron chi connectivity index (χ1n) is 6.70. The standard InChI is InChI=1S/C15H24N2O3/c1-10-6-7-12(11(2)13(10)18)16-8-9-17-14(19)20-15(3,4)5/h6-7,16,18H,8-9H2,1-5H3,(H,17,19). The molecule has 1 aromatic rings. The van der Waals surface area contributed by atoms with E-state index < -0.39 is 11.7 Å². The van der Waals surface area contributed by atoms with Crippen LogP contribution in [0.4, 0.5) is 10.5 Å². The molecule has 0 aliphatic carbocycles. The lowest BCUT2D eigenvalue weighted by Gasteiger charge is -2.20. The minimum absolute atomic E-state index is 0.301. The molecule has 3 N–H and O–H groups in total. The third-order valence-electron chi connectivity index (χ3n) is 2.74. The van der Waals surface area contributed by atoms with Crippen LogP contribution < -0.4 is 10.6 Å². The second-order valence-corrected chi connectivity index (χ2v) is 5.76. The SMILES string of the molecule is Cc1ccc(NCCNC(=O)OC(C)(C)C)c(C)c1O. The molecule has 0 aliphatic rings. The van der Waals surface area contributed by atoms with Gasteiger partial charge in [0.2, 0.25) is 0 Å². The number of phenolic OH excluding ortho intramolecular Hbond substituents is 1. The van der Waals surface area contributed by atoms with Crippen molar-refractivity contribution in [3.05, 3.63) is 23.3 Å². The summed E-state index contributed by atoms with van der Waals surface area (Å²) in [5, 5.41) is 15.7. The van der Waals surface area contributed by atoms with Gasteiger partial charge in [0.05, 0.1) is 0 Å². The summed E-state index contributed by atoms with van der Waals surface area (Å²) in [5.41, 5.74) is 2.03. The summed E-state index contributed by atoms with van der Waals surface area (Å²) < 4.78 is 5.13. The van der Waals surface area contributed by atoms with Crippen molar-refractivity contribution in [1.82, 2.24) is 5.32 Å². The molecule has 112 valence electrons. The Balaban J connectivity index is 2.39. The van der Waals surface area contributed by atoms with E-state index in [1.165, 1.54) is 0 Å². The predicted molar refractivity (Wildman–Crippen MR) is 80.3 cm³/mol. The number of carbonyl (C=O) groups is 1. The van der Waals surface area contributed by atoms with E-state index in [-0.39, 0.29) is 0 Å². The van der Waals surface area contributed by atoms with Crippen molar-refractivity contribution >= 4 is 11.8 Å². The van der Waals surface area contributed by atoms with E-state index >= 15 is 0 Å². The minimum atomic E-state index is -0.489. The second kappa shape index (κ2) is 6.50. The Morgan fingerprint density at radius 3 is 2.50 bits per heavy atom. The monoisotopic (exact) mass is 280 g/mol. The summed E-state index contributed by atoms with van der Waals surface area (Å²) in [4.78, 5) is 11.4. The third-order valence-corrected chi connectivity index (χ3v) is 2.74. The molecule has 0 spiro atoms. The summed E-state index contributed by atoms with van der Waals surface area (Å²) in [6.45, 7) is 10.2. The number of alkyl carbamates (subject to hydrolysis) is 1. The zero-order valence-corrected chi connectivity index (χ0v) is 12.8. The van der Waals surface area contributed by atoms with Gasteiger partial charge in [-0.25, -0.2) is 4.79 Å². The Morgan fingerprint density at radius 2 is 1.90 bits per heavy atom.